The lowest BCUT2D eigenvalue weighted by Crippen LogP contribution is -2.09. The molecule has 0 amide bonds. The SMILES string of the molecule is O=C(O)n1nc(-c2ccccc2)c2ccc(Nc3ccccc3Cl)cc21. The van der Waals surface area contributed by atoms with Gasteiger partial charge in [0.2, 0.25) is 0 Å². The quantitative estimate of drug-likeness (QED) is 0.495. The summed E-state index contributed by atoms with van der Waals surface area (Å²) in [5.74, 6) is 0. The Kier molecular flexibility index (Phi) is 4.07. The van der Waals surface area contributed by atoms with E-state index in [9.17, 15) is 9.90 Å². The topological polar surface area (TPSA) is 67.1 Å². The van der Waals surface area contributed by atoms with Gasteiger partial charge >= 0.3 is 6.09 Å². The molecule has 5 nitrogen and oxygen atoms in total. The number of anilines is 2. The van der Waals surface area contributed by atoms with E-state index in [1.165, 1.54) is 0 Å². The van der Waals surface area contributed by atoms with Crippen LogP contribution in [0, 0.1) is 0 Å². The van der Waals surface area contributed by atoms with Gasteiger partial charge in [-0.15, -0.1) is 0 Å². The maximum Gasteiger partial charge on any atom is 0.432 e. The molecule has 3 aromatic carbocycles. The highest BCUT2D eigenvalue weighted by molar-refractivity contribution is 6.33. The van der Waals surface area contributed by atoms with E-state index in [2.05, 4.69) is 10.4 Å². The number of nitrogens with one attached hydrogen (secondary N) is 1. The van der Waals surface area contributed by atoms with Gasteiger partial charge in [-0.3, -0.25) is 0 Å². The number of carboxylic acid groups (broad SMARTS) is 1. The number of hydrogen-bond donors (Lipinski definition) is 2. The van der Waals surface area contributed by atoms with Crippen molar-refractivity contribution in [3.05, 3.63) is 77.8 Å². The van der Waals surface area contributed by atoms with Crippen LogP contribution in [0.25, 0.3) is 22.2 Å². The average Bonchev–Trinajstić information content (AvgIpc) is 3.03. The Balaban J connectivity index is 1.84. The lowest BCUT2D eigenvalue weighted by molar-refractivity contribution is 0.194. The summed E-state index contributed by atoms with van der Waals surface area (Å²) in [5, 5.41) is 18.4. The average molecular weight is 364 g/mol. The fourth-order valence-corrected chi connectivity index (χ4v) is 3.05. The van der Waals surface area contributed by atoms with Gasteiger partial charge in [-0.25, -0.2) is 4.79 Å². The van der Waals surface area contributed by atoms with E-state index in [0.29, 0.717) is 16.2 Å². The summed E-state index contributed by atoms with van der Waals surface area (Å²) in [5.41, 5.74) is 3.48. The van der Waals surface area contributed by atoms with Crippen LogP contribution in [0.2, 0.25) is 5.02 Å². The molecule has 1 heterocycles. The van der Waals surface area contributed by atoms with Crippen LogP contribution in [0.4, 0.5) is 16.2 Å². The van der Waals surface area contributed by atoms with Gasteiger partial charge in [0.1, 0.15) is 5.69 Å². The van der Waals surface area contributed by atoms with Gasteiger partial charge in [0.25, 0.3) is 0 Å². The molecule has 1 aromatic heterocycles. The molecule has 0 radical (unpaired) electrons. The smallest absolute Gasteiger partial charge is 0.432 e. The predicted octanol–water partition coefficient (Wildman–Crippen LogP) is 5.63. The third-order valence-electron chi connectivity index (χ3n) is 4.06. The van der Waals surface area contributed by atoms with Crippen LogP contribution in [0.1, 0.15) is 0 Å². The summed E-state index contributed by atoms with van der Waals surface area (Å²) in [7, 11) is 0. The molecule has 0 aliphatic carbocycles. The van der Waals surface area contributed by atoms with Crippen molar-refractivity contribution in [1.29, 1.82) is 0 Å². The highest BCUT2D eigenvalue weighted by Gasteiger charge is 2.16. The van der Waals surface area contributed by atoms with Gasteiger partial charge in [-0.1, -0.05) is 54.1 Å². The Labute approximate surface area is 154 Å². The second kappa shape index (κ2) is 6.54. The summed E-state index contributed by atoms with van der Waals surface area (Å²) in [6, 6.07) is 22.4. The molecule has 0 aliphatic heterocycles. The minimum Gasteiger partial charge on any atom is -0.463 e. The maximum absolute atomic E-state index is 11.6. The fourth-order valence-electron chi connectivity index (χ4n) is 2.87. The molecule has 0 saturated carbocycles. The lowest BCUT2D eigenvalue weighted by Gasteiger charge is -2.08. The molecule has 0 spiro atoms. The Morgan fingerprint density at radius 1 is 1.00 bits per heavy atom. The van der Waals surface area contributed by atoms with Crippen molar-refractivity contribution in [1.82, 2.24) is 9.78 Å². The third kappa shape index (κ3) is 2.89. The summed E-state index contributed by atoms with van der Waals surface area (Å²) in [6.45, 7) is 0. The summed E-state index contributed by atoms with van der Waals surface area (Å²) in [4.78, 5) is 11.6. The molecular weight excluding hydrogens is 350 g/mol. The van der Waals surface area contributed by atoms with Crippen molar-refractivity contribution in [3.63, 3.8) is 0 Å². The number of benzene rings is 3. The van der Waals surface area contributed by atoms with E-state index in [4.69, 9.17) is 11.6 Å². The molecule has 0 unspecified atom stereocenters. The van der Waals surface area contributed by atoms with E-state index in [1.54, 1.807) is 12.1 Å². The number of para-hydroxylation sites is 1. The molecule has 0 atom stereocenters. The summed E-state index contributed by atoms with van der Waals surface area (Å²) in [6.07, 6.45) is -1.13. The molecular formula is C20H14ClN3O2. The van der Waals surface area contributed by atoms with Crippen molar-refractivity contribution in [2.24, 2.45) is 0 Å². The van der Waals surface area contributed by atoms with Crippen LogP contribution in [-0.2, 0) is 0 Å². The zero-order chi connectivity index (χ0) is 18.1. The van der Waals surface area contributed by atoms with E-state index < -0.39 is 6.09 Å². The van der Waals surface area contributed by atoms with Crippen LogP contribution in [0.3, 0.4) is 0 Å². The second-order valence-corrected chi connectivity index (χ2v) is 6.15. The Hall–Kier alpha value is -3.31. The molecule has 26 heavy (non-hydrogen) atoms. The van der Waals surface area contributed by atoms with Crippen molar-refractivity contribution in [2.75, 3.05) is 5.32 Å². The van der Waals surface area contributed by atoms with Gasteiger partial charge in [0.05, 0.1) is 16.2 Å². The Morgan fingerprint density at radius 2 is 1.73 bits per heavy atom. The molecule has 0 saturated heterocycles. The number of carbonyl (C=O) groups is 1. The number of nitrogens with zero attached hydrogens (tertiary/aromatic N) is 2. The van der Waals surface area contributed by atoms with E-state index in [0.717, 1.165) is 27.0 Å². The summed E-state index contributed by atoms with van der Waals surface area (Å²) < 4.78 is 0.995. The van der Waals surface area contributed by atoms with Gasteiger partial charge in [0, 0.05) is 16.6 Å². The van der Waals surface area contributed by atoms with Crippen LogP contribution in [0.5, 0.6) is 0 Å². The molecule has 0 fully saturated rings. The molecule has 4 rings (SSSR count). The predicted molar refractivity (Wildman–Crippen MR) is 103 cm³/mol. The van der Waals surface area contributed by atoms with Crippen LogP contribution in [-0.4, -0.2) is 21.0 Å². The number of fused-ring (bicyclic) bond motifs is 1. The first-order valence-electron chi connectivity index (χ1n) is 7.96. The minimum atomic E-state index is -1.13. The first-order valence-corrected chi connectivity index (χ1v) is 8.34. The molecule has 0 bridgehead atoms. The van der Waals surface area contributed by atoms with Crippen molar-refractivity contribution in [3.8, 4) is 11.3 Å². The molecule has 0 aliphatic rings. The second-order valence-electron chi connectivity index (χ2n) is 5.75. The van der Waals surface area contributed by atoms with Gasteiger partial charge < -0.3 is 10.4 Å². The van der Waals surface area contributed by atoms with Gasteiger partial charge in [0.15, 0.2) is 0 Å². The monoisotopic (exact) mass is 363 g/mol. The van der Waals surface area contributed by atoms with E-state index in [-0.39, 0.29) is 0 Å². The summed E-state index contributed by atoms with van der Waals surface area (Å²) >= 11 is 6.18. The minimum absolute atomic E-state index is 0.508. The largest absolute Gasteiger partial charge is 0.463 e. The zero-order valence-electron chi connectivity index (χ0n) is 13.6. The van der Waals surface area contributed by atoms with Crippen LogP contribution in [0.15, 0.2) is 72.8 Å². The first-order chi connectivity index (χ1) is 12.6. The highest BCUT2D eigenvalue weighted by Crippen LogP contribution is 2.32. The van der Waals surface area contributed by atoms with Crippen LogP contribution >= 0.6 is 11.6 Å². The van der Waals surface area contributed by atoms with Crippen LogP contribution < -0.4 is 5.32 Å². The molecule has 2 N–H and O–H groups in total. The van der Waals surface area contributed by atoms with E-state index in [1.807, 2.05) is 60.7 Å². The van der Waals surface area contributed by atoms with Crippen molar-refractivity contribution >= 4 is 40.0 Å². The highest BCUT2D eigenvalue weighted by atomic mass is 35.5. The van der Waals surface area contributed by atoms with Gasteiger partial charge in [-0.2, -0.15) is 9.78 Å². The van der Waals surface area contributed by atoms with Crippen molar-refractivity contribution < 1.29 is 9.90 Å². The fraction of sp³-hybridized carbons (Fsp3) is 0. The molecule has 6 heteroatoms. The molecule has 4 aromatic rings. The Morgan fingerprint density at radius 3 is 2.46 bits per heavy atom. The number of rotatable bonds is 3. The molecule has 128 valence electrons. The van der Waals surface area contributed by atoms with Crippen molar-refractivity contribution in [2.45, 2.75) is 0 Å². The first kappa shape index (κ1) is 16.2. The third-order valence-corrected chi connectivity index (χ3v) is 4.39. The normalized spacial score (nSPS) is 10.8. The number of halogens is 1. The van der Waals surface area contributed by atoms with Gasteiger partial charge in [-0.05, 0) is 30.3 Å². The lowest BCUT2D eigenvalue weighted by atomic mass is 10.1. The van der Waals surface area contributed by atoms with E-state index >= 15 is 0 Å². The maximum atomic E-state index is 11.6. The number of aromatic nitrogens is 2. The zero-order valence-corrected chi connectivity index (χ0v) is 14.3. The standard InChI is InChI=1S/C20H14ClN3O2/c21-16-8-4-5-9-17(16)22-14-10-11-15-18(12-14)24(20(25)26)23-19(15)13-6-2-1-3-7-13/h1-12,22H,(H,25,26). The number of hydrogen-bond acceptors (Lipinski definition) is 3. The Bertz CT molecular complexity index is 1110.